The molecular formula is C22H35N3. The third-order valence-corrected chi connectivity index (χ3v) is 6.66. The van der Waals surface area contributed by atoms with Crippen LogP contribution < -0.4 is 10.6 Å². The molecule has 1 unspecified atom stereocenters. The molecule has 3 aliphatic heterocycles. The Balaban J connectivity index is 1.23. The van der Waals surface area contributed by atoms with Crippen molar-refractivity contribution >= 4 is 5.69 Å². The summed E-state index contributed by atoms with van der Waals surface area (Å²) in [6, 6.07) is 10.9. The van der Waals surface area contributed by atoms with Crippen LogP contribution in [0.4, 0.5) is 5.69 Å². The van der Waals surface area contributed by atoms with Gasteiger partial charge >= 0.3 is 0 Å². The van der Waals surface area contributed by atoms with Crippen LogP contribution in [0.2, 0.25) is 0 Å². The molecule has 1 aromatic carbocycles. The summed E-state index contributed by atoms with van der Waals surface area (Å²) < 4.78 is 0. The molecule has 0 saturated carbocycles. The number of nitrogens with one attached hydrogen (secondary N) is 2. The van der Waals surface area contributed by atoms with E-state index >= 15 is 0 Å². The van der Waals surface area contributed by atoms with Gasteiger partial charge in [0.05, 0.1) is 0 Å². The van der Waals surface area contributed by atoms with Crippen molar-refractivity contribution in [3.05, 3.63) is 29.8 Å². The Morgan fingerprint density at radius 2 is 1.92 bits per heavy atom. The minimum atomic E-state index is 0.679. The molecular weight excluding hydrogens is 306 g/mol. The van der Waals surface area contributed by atoms with Crippen LogP contribution in [-0.4, -0.2) is 37.1 Å². The molecule has 3 aliphatic rings. The van der Waals surface area contributed by atoms with Crippen LogP contribution in [-0.2, 0) is 0 Å². The van der Waals surface area contributed by atoms with Crippen LogP contribution in [0.1, 0.15) is 69.4 Å². The van der Waals surface area contributed by atoms with E-state index in [4.69, 9.17) is 0 Å². The number of piperidine rings is 2. The topological polar surface area (TPSA) is 27.3 Å². The van der Waals surface area contributed by atoms with Gasteiger partial charge in [-0.2, -0.15) is 0 Å². The van der Waals surface area contributed by atoms with Crippen molar-refractivity contribution in [1.29, 1.82) is 0 Å². The summed E-state index contributed by atoms with van der Waals surface area (Å²) in [4.78, 5) is 2.78. The van der Waals surface area contributed by atoms with Crippen LogP contribution in [0.5, 0.6) is 0 Å². The molecule has 0 radical (unpaired) electrons. The fraction of sp³-hybridized carbons (Fsp3) is 0.727. The number of nitrogens with zero attached hydrogens (tertiary/aromatic N) is 1. The molecule has 138 valence electrons. The van der Waals surface area contributed by atoms with Crippen LogP contribution in [0.15, 0.2) is 24.3 Å². The van der Waals surface area contributed by atoms with Crippen LogP contribution >= 0.6 is 0 Å². The number of benzene rings is 1. The quantitative estimate of drug-likeness (QED) is 0.742. The number of hydrogen-bond donors (Lipinski definition) is 2. The van der Waals surface area contributed by atoms with Gasteiger partial charge in [0.1, 0.15) is 0 Å². The number of fused-ring (bicyclic) bond motifs is 1. The molecule has 25 heavy (non-hydrogen) atoms. The summed E-state index contributed by atoms with van der Waals surface area (Å²) in [5, 5.41) is 7.15. The molecule has 3 heteroatoms. The lowest BCUT2D eigenvalue weighted by Gasteiger charge is -2.34. The zero-order chi connectivity index (χ0) is 16.9. The summed E-state index contributed by atoms with van der Waals surface area (Å²) in [5.41, 5.74) is 2.82. The third-order valence-electron chi connectivity index (χ3n) is 6.66. The summed E-state index contributed by atoms with van der Waals surface area (Å²) in [7, 11) is 0. The van der Waals surface area contributed by atoms with Gasteiger partial charge in [0.2, 0.25) is 0 Å². The Kier molecular flexibility index (Phi) is 5.94. The first-order chi connectivity index (χ1) is 12.4. The molecule has 3 heterocycles. The molecule has 3 atom stereocenters. The maximum absolute atomic E-state index is 3.62. The SMILES string of the molecule is c1cc([C@H]2CC[C@H]3CCCCN32)ccc1NCCCC1CCCNC1. The molecule has 3 fully saturated rings. The molecule has 0 spiro atoms. The van der Waals surface area contributed by atoms with E-state index in [1.54, 1.807) is 0 Å². The van der Waals surface area contributed by atoms with E-state index in [1.165, 1.54) is 88.7 Å². The zero-order valence-electron chi connectivity index (χ0n) is 15.7. The fourth-order valence-corrected chi connectivity index (χ4v) is 5.23. The van der Waals surface area contributed by atoms with E-state index in [0.717, 1.165) is 18.5 Å². The molecule has 0 aliphatic carbocycles. The predicted octanol–water partition coefficient (Wildman–Crippen LogP) is 4.57. The highest BCUT2D eigenvalue weighted by molar-refractivity contribution is 5.45. The lowest BCUT2D eigenvalue weighted by Crippen LogP contribution is -2.35. The van der Waals surface area contributed by atoms with Gasteiger partial charge in [0, 0.05) is 24.3 Å². The van der Waals surface area contributed by atoms with Crippen molar-refractivity contribution in [2.45, 2.75) is 69.9 Å². The van der Waals surface area contributed by atoms with Crippen LogP contribution in [0, 0.1) is 5.92 Å². The second-order valence-electron chi connectivity index (χ2n) is 8.38. The average Bonchev–Trinajstić information content (AvgIpc) is 3.11. The summed E-state index contributed by atoms with van der Waals surface area (Å²) in [6.07, 6.45) is 12.4. The van der Waals surface area contributed by atoms with Crippen LogP contribution in [0.25, 0.3) is 0 Å². The van der Waals surface area contributed by atoms with E-state index in [2.05, 4.69) is 39.8 Å². The van der Waals surface area contributed by atoms with Crippen molar-refractivity contribution in [2.24, 2.45) is 5.92 Å². The Hall–Kier alpha value is -1.06. The second kappa shape index (κ2) is 8.55. The molecule has 0 aromatic heterocycles. The second-order valence-corrected chi connectivity index (χ2v) is 8.38. The van der Waals surface area contributed by atoms with Crippen molar-refractivity contribution in [3.63, 3.8) is 0 Å². The molecule has 0 bridgehead atoms. The molecule has 3 nitrogen and oxygen atoms in total. The lowest BCUT2D eigenvalue weighted by molar-refractivity contribution is 0.150. The Labute approximate surface area is 153 Å². The Morgan fingerprint density at radius 3 is 2.76 bits per heavy atom. The summed E-state index contributed by atoms with van der Waals surface area (Å²) in [6.45, 7) is 4.87. The van der Waals surface area contributed by atoms with E-state index in [0.29, 0.717) is 6.04 Å². The van der Waals surface area contributed by atoms with Crippen molar-refractivity contribution in [2.75, 3.05) is 31.5 Å². The van der Waals surface area contributed by atoms with Gasteiger partial charge in [0.25, 0.3) is 0 Å². The maximum atomic E-state index is 3.62. The monoisotopic (exact) mass is 341 g/mol. The first-order valence-electron chi connectivity index (χ1n) is 10.7. The lowest BCUT2D eigenvalue weighted by atomic mass is 9.95. The number of hydrogen-bond acceptors (Lipinski definition) is 3. The summed E-state index contributed by atoms with van der Waals surface area (Å²) >= 11 is 0. The Bertz CT molecular complexity index is 521. The number of rotatable bonds is 6. The van der Waals surface area contributed by atoms with E-state index in [-0.39, 0.29) is 0 Å². The fourth-order valence-electron chi connectivity index (χ4n) is 5.23. The maximum Gasteiger partial charge on any atom is 0.0351 e. The van der Waals surface area contributed by atoms with Gasteiger partial charge in [-0.15, -0.1) is 0 Å². The molecule has 2 N–H and O–H groups in total. The van der Waals surface area contributed by atoms with E-state index < -0.39 is 0 Å². The highest BCUT2D eigenvalue weighted by Gasteiger charge is 2.35. The van der Waals surface area contributed by atoms with Crippen molar-refractivity contribution in [3.8, 4) is 0 Å². The first-order valence-corrected chi connectivity index (χ1v) is 10.7. The normalized spacial score (nSPS) is 30.2. The first kappa shape index (κ1) is 17.4. The largest absolute Gasteiger partial charge is 0.385 e. The molecule has 1 aromatic rings. The van der Waals surface area contributed by atoms with Crippen molar-refractivity contribution in [1.82, 2.24) is 10.2 Å². The highest BCUT2D eigenvalue weighted by atomic mass is 15.2. The van der Waals surface area contributed by atoms with E-state index in [9.17, 15) is 0 Å². The third kappa shape index (κ3) is 4.38. The highest BCUT2D eigenvalue weighted by Crippen LogP contribution is 2.40. The number of anilines is 1. The molecule has 4 rings (SSSR count). The van der Waals surface area contributed by atoms with Gasteiger partial charge in [0.15, 0.2) is 0 Å². The molecule has 0 amide bonds. The van der Waals surface area contributed by atoms with E-state index in [1.807, 2.05) is 0 Å². The minimum absolute atomic E-state index is 0.679. The van der Waals surface area contributed by atoms with Gasteiger partial charge in [-0.1, -0.05) is 18.6 Å². The smallest absolute Gasteiger partial charge is 0.0351 e. The average molecular weight is 342 g/mol. The van der Waals surface area contributed by atoms with Gasteiger partial charge in [-0.05, 0) is 94.6 Å². The predicted molar refractivity (Wildman–Crippen MR) is 106 cm³/mol. The van der Waals surface area contributed by atoms with Crippen molar-refractivity contribution < 1.29 is 0 Å². The molecule has 3 saturated heterocycles. The van der Waals surface area contributed by atoms with Gasteiger partial charge in [-0.3, -0.25) is 4.90 Å². The Morgan fingerprint density at radius 1 is 1.00 bits per heavy atom. The van der Waals surface area contributed by atoms with Gasteiger partial charge in [-0.25, -0.2) is 0 Å². The van der Waals surface area contributed by atoms with Crippen LogP contribution in [0.3, 0.4) is 0 Å². The zero-order valence-corrected chi connectivity index (χ0v) is 15.7. The standard InChI is InChI=1S/C22H35N3/c1-2-16-25-21(7-1)12-13-22(25)19-8-10-20(11-9-19)24-15-4-6-18-5-3-14-23-17-18/h8-11,18,21-24H,1-7,12-17H2/t18?,21-,22-/m1/s1. The minimum Gasteiger partial charge on any atom is -0.385 e. The van der Waals surface area contributed by atoms with Gasteiger partial charge < -0.3 is 10.6 Å². The summed E-state index contributed by atoms with van der Waals surface area (Å²) in [5.74, 6) is 0.901.